The highest BCUT2D eigenvalue weighted by atomic mass is 16.5. The molecule has 0 radical (unpaired) electrons. The molecule has 0 saturated heterocycles. The molecule has 142 valence electrons. The van der Waals surface area contributed by atoms with E-state index in [-0.39, 0.29) is 0 Å². The minimum absolute atomic E-state index is 0.425. The predicted molar refractivity (Wildman–Crippen MR) is 102 cm³/mol. The van der Waals surface area contributed by atoms with Crippen molar-refractivity contribution in [1.82, 2.24) is 14.6 Å². The van der Waals surface area contributed by atoms with Crippen molar-refractivity contribution >= 4 is 5.65 Å². The molecule has 4 rings (SSSR count). The van der Waals surface area contributed by atoms with Gasteiger partial charge in [0.25, 0.3) is 0 Å². The Morgan fingerprint density at radius 2 is 2.11 bits per heavy atom. The Balaban J connectivity index is 1.88. The van der Waals surface area contributed by atoms with Gasteiger partial charge in [0.05, 0.1) is 31.7 Å². The molecule has 1 unspecified atom stereocenters. The molecule has 7 heteroatoms. The van der Waals surface area contributed by atoms with Gasteiger partial charge in [-0.25, -0.2) is 9.50 Å². The fraction of sp³-hybridized carbons (Fsp3) is 0.400. The van der Waals surface area contributed by atoms with Gasteiger partial charge in [0.15, 0.2) is 11.4 Å². The summed E-state index contributed by atoms with van der Waals surface area (Å²) in [6, 6.07) is 6.01. The molecule has 0 bridgehead atoms. The molecule has 1 aliphatic heterocycles. The Kier molecular flexibility index (Phi) is 4.38. The van der Waals surface area contributed by atoms with Crippen molar-refractivity contribution in [1.29, 1.82) is 0 Å². The minimum Gasteiger partial charge on any atom is -0.497 e. The number of fused-ring (bicyclic) bond motifs is 2. The Hall–Kier alpha value is -2.48. The number of benzene rings is 1. The summed E-state index contributed by atoms with van der Waals surface area (Å²) in [6.45, 7) is 4.98. The number of nitrogens with zero attached hydrogens (tertiary/aromatic N) is 3. The molecule has 27 heavy (non-hydrogen) atoms. The van der Waals surface area contributed by atoms with Gasteiger partial charge >= 0.3 is 0 Å². The van der Waals surface area contributed by atoms with Crippen LogP contribution in [0.15, 0.2) is 24.4 Å². The normalized spacial score (nSPS) is 18.9. The lowest BCUT2D eigenvalue weighted by atomic mass is 10.00. The van der Waals surface area contributed by atoms with Crippen molar-refractivity contribution in [3.8, 4) is 16.9 Å². The van der Waals surface area contributed by atoms with E-state index in [0.717, 1.165) is 45.0 Å². The first-order chi connectivity index (χ1) is 13.0. The number of ether oxygens (including phenoxy) is 3. The molecule has 1 aromatic carbocycles. The summed E-state index contributed by atoms with van der Waals surface area (Å²) in [4.78, 5) is 4.91. The molecule has 2 aromatic heterocycles. The average Bonchev–Trinajstić information content (AvgIpc) is 3.15. The second-order valence-corrected chi connectivity index (χ2v) is 6.95. The van der Waals surface area contributed by atoms with E-state index in [1.807, 2.05) is 35.8 Å². The van der Waals surface area contributed by atoms with Crippen LogP contribution in [0.25, 0.3) is 16.8 Å². The number of methoxy groups -OCH3 is 2. The zero-order chi connectivity index (χ0) is 19.2. The first kappa shape index (κ1) is 17.9. The Bertz CT molecular complexity index is 1010. The summed E-state index contributed by atoms with van der Waals surface area (Å²) in [5, 5.41) is 4.66. The lowest BCUT2D eigenvalue weighted by Crippen LogP contribution is -2.38. The highest BCUT2D eigenvalue weighted by molar-refractivity contribution is 5.82. The molecule has 0 fully saturated rings. The van der Waals surface area contributed by atoms with E-state index < -0.39 is 5.72 Å². The molecule has 3 aromatic rings. The highest BCUT2D eigenvalue weighted by Gasteiger charge is 2.39. The van der Waals surface area contributed by atoms with Crippen molar-refractivity contribution in [2.24, 2.45) is 5.73 Å². The van der Waals surface area contributed by atoms with Crippen molar-refractivity contribution in [2.45, 2.75) is 32.6 Å². The van der Waals surface area contributed by atoms with Crippen molar-refractivity contribution < 1.29 is 14.2 Å². The van der Waals surface area contributed by atoms with Gasteiger partial charge < -0.3 is 14.2 Å². The standard InChI is InChI=1S/C20H24N4O3/c1-12-9-15(26-4)5-6-16(12)17-13(2)23-24-10-14-11-27-20(21,7-8-25-3)18(14)22-19(17)24/h5-6,9-10H,7-8,11,21H2,1-4H3. The van der Waals surface area contributed by atoms with Gasteiger partial charge in [-0.1, -0.05) is 6.07 Å². The SMILES string of the molecule is COCCC1(N)OCc2cn3nc(C)c(-c4ccc(OC)cc4C)c3nc21. The second-order valence-electron chi connectivity index (χ2n) is 6.95. The molecule has 0 amide bonds. The first-order valence-corrected chi connectivity index (χ1v) is 8.93. The van der Waals surface area contributed by atoms with Gasteiger partial charge in [-0.05, 0) is 37.1 Å². The van der Waals surface area contributed by atoms with Gasteiger partial charge in [0.1, 0.15) is 5.75 Å². The predicted octanol–water partition coefficient (Wildman–Crippen LogP) is 2.70. The molecular formula is C20H24N4O3. The van der Waals surface area contributed by atoms with Crippen LogP contribution in [-0.2, 0) is 21.8 Å². The third-order valence-corrected chi connectivity index (χ3v) is 5.13. The van der Waals surface area contributed by atoms with Crippen molar-refractivity contribution in [3.63, 3.8) is 0 Å². The number of hydrogen-bond acceptors (Lipinski definition) is 6. The molecule has 3 heterocycles. The topological polar surface area (TPSA) is 83.9 Å². The molecule has 0 aliphatic carbocycles. The zero-order valence-electron chi connectivity index (χ0n) is 16.1. The Morgan fingerprint density at radius 3 is 2.81 bits per heavy atom. The molecular weight excluding hydrogens is 344 g/mol. The number of aromatic nitrogens is 3. The molecule has 0 spiro atoms. The Morgan fingerprint density at radius 1 is 1.30 bits per heavy atom. The molecule has 0 saturated carbocycles. The van der Waals surface area contributed by atoms with Crippen LogP contribution in [0.5, 0.6) is 5.75 Å². The van der Waals surface area contributed by atoms with E-state index in [1.165, 1.54) is 0 Å². The van der Waals surface area contributed by atoms with Crippen LogP contribution >= 0.6 is 0 Å². The summed E-state index contributed by atoms with van der Waals surface area (Å²) in [5.74, 6) is 0.827. The van der Waals surface area contributed by atoms with Gasteiger partial charge in [0, 0.05) is 30.9 Å². The van der Waals surface area contributed by atoms with Gasteiger partial charge in [-0.3, -0.25) is 5.73 Å². The minimum atomic E-state index is -0.933. The van der Waals surface area contributed by atoms with Crippen LogP contribution in [0.3, 0.4) is 0 Å². The highest BCUT2D eigenvalue weighted by Crippen LogP contribution is 2.37. The van der Waals surface area contributed by atoms with Crippen LogP contribution in [0.4, 0.5) is 0 Å². The molecule has 7 nitrogen and oxygen atoms in total. The second kappa shape index (κ2) is 6.60. The summed E-state index contributed by atoms with van der Waals surface area (Å²) < 4.78 is 18.2. The van der Waals surface area contributed by atoms with Gasteiger partial charge in [-0.2, -0.15) is 5.10 Å². The summed E-state index contributed by atoms with van der Waals surface area (Å²) >= 11 is 0. The van der Waals surface area contributed by atoms with Crippen molar-refractivity contribution in [3.05, 3.63) is 46.9 Å². The van der Waals surface area contributed by atoms with E-state index in [1.54, 1.807) is 14.2 Å². The van der Waals surface area contributed by atoms with Crippen LogP contribution in [0.1, 0.15) is 28.9 Å². The lowest BCUT2D eigenvalue weighted by Gasteiger charge is -2.23. The maximum Gasteiger partial charge on any atom is 0.163 e. The maximum absolute atomic E-state index is 6.50. The number of hydrogen-bond donors (Lipinski definition) is 1. The smallest absolute Gasteiger partial charge is 0.163 e. The third-order valence-electron chi connectivity index (χ3n) is 5.13. The van der Waals surface area contributed by atoms with Crippen LogP contribution in [-0.4, -0.2) is 35.4 Å². The van der Waals surface area contributed by atoms with E-state index in [9.17, 15) is 0 Å². The first-order valence-electron chi connectivity index (χ1n) is 8.93. The molecule has 1 aliphatic rings. The van der Waals surface area contributed by atoms with Gasteiger partial charge in [0.2, 0.25) is 0 Å². The number of rotatable bonds is 5. The Labute approximate surface area is 158 Å². The third kappa shape index (κ3) is 2.88. The largest absolute Gasteiger partial charge is 0.497 e. The summed E-state index contributed by atoms with van der Waals surface area (Å²) in [7, 11) is 3.32. The lowest BCUT2D eigenvalue weighted by molar-refractivity contribution is -0.0544. The van der Waals surface area contributed by atoms with Crippen LogP contribution < -0.4 is 10.5 Å². The van der Waals surface area contributed by atoms with E-state index >= 15 is 0 Å². The summed E-state index contributed by atoms with van der Waals surface area (Å²) in [6.07, 6.45) is 2.51. The van der Waals surface area contributed by atoms with Gasteiger partial charge in [-0.15, -0.1) is 0 Å². The monoisotopic (exact) mass is 368 g/mol. The summed E-state index contributed by atoms with van der Waals surface area (Å²) in [5.41, 5.74) is 12.2. The van der Waals surface area contributed by atoms with Crippen LogP contribution in [0, 0.1) is 13.8 Å². The maximum atomic E-state index is 6.50. The van der Waals surface area contributed by atoms with Crippen LogP contribution in [0.2, 0.25) is 0 Å². The fourth-order valence-corrected chi connectivity index (χ4v) is 3.67. The molecule has 2 N–H and O–H groups in total. The fourth-order valence-electron chi connectivity index (χ4n) is 3.67. The van der Waals surface area contributed by atoms with Crippen molar-refractivity contribution in [2.75, 3.05) is 20.8 Å². The number of aryl methyl sites for hydroxylation is 2. The zero-order valence-corrected chi connectivity index (χ0v) is 16.1. The average molecular weight is 368 g/mol. The number of nitrogens with two attached hydrogens (primary N) is 1. The molecule has 1 atom stereocenters. The van der Waals surface area contributed by atoms with E-state index in [4.69, 9.17) is 24.9 Å². The van der Waals surface area contributed by atoms with E-state index in [2.05, 4.69) is 12.0 Å². The quantitative estimate of drug-likeness (QED) is 0.745. The van der Waals surface area contributed by atoms with E-state index in [0.29, 0.717) is 19.6 Å².